The average molecular weight is 373 g/mol. The molecule has 2 aliphatic rings. The normalized spacial score (nSPS) is 22.5. The Kier molecular flexibility index (Phi) is 4.91. The monoisotopic (exact) mass is 372 g/mol. The minimum atomic E-state index is -2.23. The fraction of sp³-hybridized carbons (Fsp3) is 0.619. The first-order valence-electron chi connectivity index (χ1n) is 9.82. The summed E-state index contributed by atoms with van der Waals surface area (Å²) in [6.45, 7) is 16.2. The fourth-order valence-electron chi connectivity index (χ4n) is 5.03. The van der Waals surface area contributed by atoms with Crippen LogP contribution in [0.2, 0.25) is 16.6 Å². The second-order valence-corrected chi connectivity index (χ2v) is 14.1. The third kappa shape index (κ3) is 2.67. The van der Waals surface area contributed by atoms with E-state index in [1.54, 1.807) is 0 Å². The summed E-state index contributed by atoms with van der Waals surface area (Å²) in [5.41, 5.74) is 3.02. The number of carbonyl (C=O) groups is 1. The number of ketones is 1. The molecular formula is C21H32N2O2Si. The van der Waals surface area contributed by atoms with E-state index >= 15 is 0 Å². The van der Waals surface area contributed by atoms with Crippen molar-refractivity contribution in [1.82, 2.24) is 0 Å². The van der Waals surface area contributed by atoms with Gasteiger partial charge >= 0.3 is 0 Å². The van der Waals surface area contributed by atoms with Crippen LogP contribution in [-0.2, 0) is 4.43 Å². The molecule has 0 radical (unpaired) electrons. The van der Waals surface area contributed by atoms with Crippen molar-refractivity contribution in [2.75, 3.05) is 11.9 Å². The number of Topliss-reactive ketones (excluding diaryl/α,β-unsaturated/α-hetero) is 1. The van der Waals surface area contributed by atoms with Gasteiger partial charge in [-0.15, -0.1) is 0 Å². The highest BCUT2D eigenvalue weighted by Crippen LogP contribution is 2.48. The lowest BCUT2D eigenvalue weighted by molar-refractivity contribution is 0.0617. The van der Waals surface area contributed by atoms with Crippen molar-refractivity contribution in [3.05, 3.63) is 29.3 Å². The van der Waals surface area contributed by atoms with Crippen molar-refractivity contribution in [3.8, 4) is 0 Å². The lowest BCUT2D eigenvalue weighted by Gasteiger charge is -2.49. The predicted molar refractivity (Wildman–Crippen MR) is 111 cm³/mol. The molecule has 0 aromatic heterocycles. The van der Waals surface area contributed by atoms with Crippen LogP contribution in [0.5, 0.6) is 0 Å². The minimum absolute atomic E-state index is 0.0880. The van der Waals surface area contributed by atoms with E-state index in [9.17, 15) is 4.79 Å². The van der Waals surface area contributed by atoms with Crippen LogP contribution in [0.25, 0.3) is 0 Å². The first-order chi connectivity index (χ1) is 12.1. The molecule has 1 N–H and O–H groups in total. The Bertz CT molecular complexity index is 733. The lowest BCUT2D eigenvalue weighted by Crippen LogP contribution is -2.62. The highest BCUT2D eigenvalue weighted by molar-refractivity contribution is 6.78. The number of benzene rings is 1. The standard InChI is InChI=1S/C21H32N2O2Si/c1-13(2)26(14(3)4,15(5)6)25-21-10-11-22-20(21)23-18-9-8-16(7)12-17(18)19(21)24/h8-9,12-15H,10-11H2,1-7H3,(H,22,23). The van der Waals surface area contributed by atoms with Gasteiger partial charge in [0.1, 0.15) is 5.84 Å². The maximum Gasteiger partial charge on any atom is 0.203 e. The van der Waals surface area contributed by atoms with Crippen molar-refractivity contribution in [1.29, 1.82) is 0 Å². The van der Waals surface area contributed by atoms with E-state index in [-0.39, 0.29) is 5.78 Å². The smallest absolute Gasteiger partial charge is 0.203 e. The molecule has 0 spiro atoms. The quantitative estimate of drug-likeness (QED) is 0.710. The van der Waals surface area contributed by atoms with Crippen molar-refractivity contribution in [2.45, 2.75) is 77.1 Å². The van der Waals surface area contributed by atoms with E-state index in [0.29, 0.717) is 29.6 Å². The van der Waals surface area contributed by atoms with E-state index < -0.39 is 13.9 Å². The number of aliphatic imine (C=N–C) groups is 1. The molecule has 0 bridgehead atoms. The average Bonchev–Trinajstić information content (AvgIpc) is 2.96. The molecule has 1 unspecified atom stereocenters. The van der Waals surface area contributed by atoms with E-state index in [1.165, 1.54) is 0 Å². The molecule has 5 heteroatoms. The van der Waals surface area contributed by atoms with Crippen LogP contribution in [0.3, 0.4) is 0 Å². The molecule has 0 amide bonds. The number of hydrogen-bond donors (Lipinski definition) is 1. The Morgan fingerprint density at radius 2 is 1.73 bits per heavy atom. The molecule has 1 atom stereocenters. The summed E-state index contributed by atoms with van der Waals surface area (Å²) in [5, 5.41) is 3.42. The molecule has 3 rings (SSSR count). The number of rotatable bonds is 5. The van der Waals surface area contributed by atoms with E-state index in [1.807, 2.05) is 25.1 Å². The molecule has 0 aliphatic carbocycles. The molecule has 1 aromatic carbocycles. The maximum absolute atomic E-state index is 13.7. The van der Waals surface area contributed by atoms with Gasteiger partial charge in [-0.1, -0.05) is 53.2 Å². The fourth-order valence-corrected chi connectivity index (χ4v) is 10.6. The molecule has 1 aromatic rings. The summed E-state index contributed by atoms with van der Waals surface area (Å²) < 4.78 is 7.08. The molecule has 142 valence electrons. The summed E-state index contributed by atoms with van der Waals surface area (Å²) in [6, 6.07) is 5.98. The minimum Gasteiger partial charge on any atom is -0.397 e. The molecule has 0 saturated carbocycles. The van der Waals surface area contributed by atoms with Crippen molar-refractivity contribution >= 4 is 25.6 Å². The van der Waals surface area contributed by atoms with Crippen molar-refractivity contribution < 1.29 is 9.22 Å². The van der Waals surface area contributed by atoms with Gasteiger partial charge in [0.05, 0.1) is 5.69 Å². The van der Waals surface area contributed by atoms with E-state index in [2.05, 4.69) is 51.9 Å². The van der Waals surface area contributed by atoms with Crippen molar-refractivity contribution in [3.63, 3.8) is 0 Å². The number of anilines is 1. The Labute approximate surface area is 158 Å². The summed E-state index contributed by atoms with van der Waals surface area (Å²) >= 11 is 0. The Morgan fingerprint density at radius 1 is 1.12 bits per heavy atom. The van der Waals surface area contributed by atoms with Gasteiger partial charge in [-0.3, -0.25) is 9.79 Å². The summed E-state index contributed by atoms with van der Waals surface area (Å²) in [4.78, 5) is 18.3. The molecule has 0 saturated heterocycles. The van der Waals surface area contributed by atoms with E-state index in [0.717, 1.165) is 22.6 Å². The number of aryl methyl sites for hydroxylation is 1. The zero-order valence-corrected chi connectivity index (χ0v) is 18.1. The second kappa shape index (κ2) is 6.61. The molecular weight excluding hydrogens is 340 g/mol. The number of nitrogens with zero attached hydrogens (tertiary/aromatic N) is 1. The lowest BCUT2D eigenvalue weighted by atomic mass is 9.85. The van der Waals surface area contributed by atoms with Crippen LogP contribution in [0.4, 0.5) is 5.69 Å². The maximum atomic E-state index is 13.7. The topological polar surface area (TPSA) is 50.7 Å². The number of fused-ring (bicyclic) bond motifs is 2. The SMILES string of the molecule is Cc1ccc2c(c1)C(=O)C1(O[Si](C(C)C)(C(C)C)C(C)C)CCN=C1N2. The van der Waals surface area contributed by atoms with E-state index in [4.69, 9.17) is 4.43 Å². The Balaban J connectivity index is 2.13. The van der Waals surface area contributed by atoms with Crippen LogP contribution < -0.4 is 5.32 Å². The summed E-state index contributed by atoms with van der Waals surface area (Å²) in [6.07, 6.45) is 0.641. The molecule has 2 aliphatic heterocycles. The third-order valence-electron chi connectivity index (χ3n) is 6.21. The highest BCUT2D eigenvalue weighted by Gasteiger charge is 2.58. The van der Waals surface area contributed by atoms with Gasteiger partial charge < -0.3 is 9.74 Å². The summed E-state index contributed by atoms with van der Waals surface area (Å²) in [7, 11) is -2.23. The molecule has 4 nitrogen and oxygen atoms in total. The highest BCUT2D eigenvalue weighted by atomic mass is 28.4. The van der Waals surface area contributed by atoms with Gasteiger partial charge in [-0.2, -0.15) is 0 Å². The zero-order valence-electron chi connectivity index (χ0n) is 17.1. The van der Waals surface area contributed by atoms with Gasteiger partial charge in [0.2, 0.25) is 14.1 Å². The van der Waals surface area contributed by atoms with Crippen LogP contribution in [0, 0.1) is 6.92 Å². The molecule has 0 fully saturated rings. The molecule has 26 heavy (non-hydrogen) atoms. The number of carbonyl (C=O) groups excluding carboxylic acids is 1. The second-order valence-electron chi connectivity index (χ2n) is 8.73. The molecule has 2 heterocycles. The van der Waals surface area contributed by atoms with Gasteiger partial charge in [0.15, 0.2) is 5.60 Å². The largest absolute Gasteiger partial charge is 0.397 e. The number of amidine groups is 1. The number of hydrogen-bond acceptors (Lipinski definition) is 4. The number of nitrogens with one attached hydrogen (secondary N) is 1. The van der Waals surface area contributed by atoms with Crippen molar-refractivity contribution in [2.24, 2.45) is 4.99 Å². The van der Waals surface area contributed by atoms with Crippen LogP contribution >= 0.6 is 0 Å². The van der Waals surface area contributed by atoms with Crippen LogP contribution in [-0.4, -0.2) is 32.1 Å². The van der Waals surface area contributed by atoms with Crippen LogP contribution in [0.1, 0.15) is 63.9 Å². The van der Waals surface area contributed by atoms with Gasteiger partial charge in [-0.05, 0) is 35.7 Å². The third-order valence-corrected chi connectivity index (χ3v) is 12.3. The summed E-state index contributed by atoms with van der Waals surface area (Å²) in [5.74, 6) is 0.808. The van der Waals surface area contributed by atoms with Crippen LogP contribution in [0.15, 0.2) is 23.2 Å². The van der Waals surface area contributed by atoms with Gasteiger partial charge in [0, 0.05) is 18.5 Å². The Hall–Kier alpha value is -1.46. The Morgan fingerprint density at radius 3 is 2.31 bits per heavy atom. The first-order valence-corrected chi connectivity index (χ1v) is 12.0. The predicted octanol–water partition coefficient (Wildman–Crippen LogP) is 5.34. The van der Waals surface area contributed by atoms with Gasteiger partial charge in [-0.25, -0.2) is 0 Å². The first kappa shape index (κ1) is 19.3. The van der Waals surface area contributed by atoms with Gasteiger partial charge in [0.25, 0.3) is 0 Å². The zero-order chi connectivity index (χ0) is 19.3.